The van der Waals surface area contributed by atoms with Crippen LogP contribution < -0.4 is 0 Å². The van der Waals surface area contributed by atoms with Gasteiger partial charge in [0, 0.05) is 19.2 Å². The highest BCUT2D eigenvalue weighted by molar-refractivity contribution is 8.13. The number of hydrogen-bond acceptors (Lipinski definition) is 6. The fourth-order valence-electron chi connectivity index (χ4n) is 1.33. The van der Waals surface area contributed by atoms with Gasteiger partial charge in [-0.05, 0) is 25.4 Å². The minimum Gasteiger partial charge on any atom is -0.304 e. The second kappa shape index (κ2) is 9.98. The molecule has 0 aromatic carbocycles. The summed E-state index contributed by atoms with van der Waals surface area (Å²) < 4.78 is 21.2. The average molecular weight is 341 g/mol. The van der Waals surface area contributed by atoms with Gasteiger partial charge in [0.25, 0.3) is 0 Å². The van der Waals surface area contributed by atoms with Crippen molar-refractivity contribution in [3.63, 3.8) is 0 Å². The van der Waals surface area contributed by atoms with E-state index in [1.54, 1.807) is 0 Å². The molecule has 0 aliphatic rings. The molecule has 0 aromatic rings. The molecule has 126 valence electrons. The van der Waals surface area contributed by atoms with E-state index in [9.17, 15) is 14.3 Å². The van der Waals surface area contributed by atoms with Crippen molar-refractivity contribution in [1.29, 1.82) is 0 Å². The summed E-state index contributed by atoms with van der Waals surface area (Å²) in [6.45, 7) is 9.56. The van der Waals surface area contributed by atoms with E-state index in [0.717, 1.165) is 24.7 Å². The molecule has 8 heteroatoms. The lowest BCUT2D eigenvalue weighted by molar-refractivity contribution is -0.109. The zero-order valence-corrected chi connectivity index (χ0v) is 15.3. The average Bonchev–Trinajstić information content (AvgIpc) is 2.31. The zero-order chi connectivity index (χ0) is 16.5. The summed E-state index contributed by atoms with van der Waals surface area (Å²) in [6.07, 6.45) is 1.04. The van der Waals surface area contributed by atoms with Gasteiger partial charge in [0.2, 0.25) is 0 Å². The molecule has 0 aliphatic carbocycles. The molecule has 0 heterocycles. The number of rotatable bonds is 10. The van der Waals surface area contributed by atoms with Crippen molar-refractivity contribution in [3.05, 3.63) is 0 Å². The van der Waals surface area contributed by atoms with E-state index in [4.69, 9.17) is 9.05 Å². The van der Waals surface area contributed by atoms with Crippen molar-refractivity contribution < 1.29 is 23.3 Å². The zero-order valence-electron chi connectivity index (χ0n) is 13.6. The Hall–Kier alpha value is 0.0900. The number of nitrogens with zero attached hydrogens (tertiary/aromatic N) is 1. The predicted molar refractivity (Wildman–Crippen MR) is 86.4 cm³/mol. The maximum absolute atomic E-state index is 11.6. The summed E-state index contributed by atoms with van der Waals surface area (Å²) in [4.78, 5) is 22.2. The van der Waals surface area contributed by atoms with Crippen LogP contribution in [0, 0.1) is 5.41 Å². The Balaban J connectivity index is 3.77. The van der Waals surface area contributed by atoms with Crippen LogP contribution in [0.4, 0.5) is 0 Å². The number of thioether (sulfide) groups is 1. The summed E-state index contributed by atoms with van der Waals surface area (Å²) in [5.41, 5.74) is 0.263. The third-order valence-electron chi connectivity index (χ3n) is 2.61. The molecule has 0 aromatic heterocycles. The van der Waals surface area contributed by atoms with E-state index in [-0.39, 0.29) is 23.7 Å². The molecule has 1 unspecified atom stereocenters. The van der Waals surface area contributed by atoms with Gasteiger partial charge in [0.15, 0.2) is 5.12 Å². The van der Waals surface area contributed by atoms with Crippen LogP contribution in [0.3, 0.4) is 0 Å². The number of phosphoric ester groups is 1. The molecular formula is C13H28NO5PS. The summed E-state index contributed by atoms with van der Waals surface area (Å²) >= 11 is 1.05. The standard InChI is InChI=1S/C13H28NO5PS/c1-12(15)21-11-10-19-20(16,17)18-9-8-14(5)7-6-13(2,3)4/h6-11H2,1-5H3,(H,16,17). The molecule has 0 rings (SSSR count). The van der Waals surface area contributed by atoms with Crippen molar-refractivity contribution >= 4 is 24.7 Å². The van der Waals surface area contributed by atoms with Crippen molar-refractivity contribution in [2.45, 2.75) is 34.1 Å². The van der Waals surface area contributed by atoms with Gasteiger partial charge in [0.05, 0.1) is 13.2 Å². The number of carbonyl (C=O) groups excluding carboxylic acids is 1. The molecule has 0 spiro atoms. The molecule has 0 bridgehead atoms. The summed E-state index contributed by atoms with van der Waals surface area (Å²) in [6, 6.07) is 0. The van der Waals surface area contributed by atoms with Crippen LogP contribution in [0.25, 0.3) is 0 Å². The van der Waals surface area contributed by atoms with Crippen molar-refractivity contribution in [1.82, 2.24) is 4.90 Å². The Morgan fingerprint density at radius 2 is 1.81 bits per heavy atom. The lowest BCUT2D eigenvalue weighted by atomic mass is 9.92. The van der Waals surface area contributed by atoms with Crippen LogP contribution in [-0.4, -0.2) is 54.0 Å². The molecule has 21 heavy (non-hydrogen) atoms. The summed E-state index contributed by atoms with van der Waals surface area (Å²) in [7, 11) is -2.07. The quantitative estimate of drug-likeness (QED) is 0.483. The summed E-state index contributed by atoms with van der Waals surface area (Å²) in [5, 5.41) is -0.0484. The molecule has 0 radical (unpaired) electrons. The minimum atomic E-state index is -4.01. The smallest absolute Gasteiger partial charge is 0.304 e. The van der Waals surface area contributed by atoms with Gasteiger partial charge in [0.1, 0.15) is 0 Å². The van der Waals surface area contributed by atoms with Crippen molar-refractivity contribution in [2.24, 2.45) is 5.41 Å². The van der Waals surface area contributed by atoms with Gasteiger partial charge in [-0.1, -0.05) is 32.5 Å². The fraction of sp³-hybridized carbons (Fsp3) is 0.923. The van der Waals surface area contributed by atoms with Gasteiger partial charge in [-0.3, -0.25) is 13.8 Å². The lowest BCUT2D eigenvalue weighted by Crippen LogP contribution is -2.27. The van der Waals surface area contributed by atoms with Gasteiger partial charge in [-0.25, -0.2) is 4.57 Å². The minimum absolute atomic E-state index is 0.0118. The van der Waals surface area contributed by atoms with Crippen LogP contribution in [0.5, 0.6) is 0 Å². The lowest BCUT2D eigenvalue weighted by Gasteiger charge is -2.23. The van der Waals surface area contributed by atoms with Gasteiger partial charge in [-0.15, -0.1) is 0 Å². The third-order valence-corrected chi connectivity index (χ3v) is 4.41. The molecular weight excluding hydrogens is 313 g/mol. The Kier molecular flexibility index (Phi) is 10.0. The first-order valence-electron chi connectivity index (χ1n) is 6.96. The highest BCUT2D eigenvalue weighted by Gasteiger charge is 2.21. The van der Waals surface area contributed by atoms with E-state index in [1.807, 2.05) is 7.05 Å². The van der Waals surface area contributed by atoms with E-state index < -0.39 is 7.82 Å². The van der Waals surface area contributed by atoms with E-state index in [2.05, 4.69) is 25.7 Å². The van der Waals surface area contributed by atoms with Gasteiger partial charge in [-0.2, -0.15) is 0 Å². The fourth-order valence-corrected chi connectivity index (χ4v) is 2.61. The largest absolute Gasteiger partial charge is 0.472 e. The monoisotopic (exact) mass is 341 g/mol. The molecule has 0 fully saturated rings. The summed E-state index contributed by atoms with van der Waals surface area (Å²) in [5.74, 6) is 0.342. The first-order chi connectivity index (χ1) is 9.52. The maximum atomic E-state index is 11.6. The van der Waals surface area contributed by atoms with Gasteiger partial charge < -0.3 is 9.79 Å². The topological polar surface area (TPSA) is 76.1 Å². The Bertz CT molecular complexity index is 359. The Morgan fingerprint density at radius 3 is 2.33 bits per heavy atom. The highest BCUT2D eigenvalue weighted by Crippen LogP contribution is 2.42. The number of phosphoric acid groups is 1. The van der Waals surface area contributed by atoms with Crippen LogP contribution in [0.2, 0.25) is 0 Å². The van der Waals surface area contributed by atoms with E-state index in [1.165, 1.54) is 6.92 Å². The van der Waals surface area contributed by atoms with Crippen LogP contribution in [0.1, 0.15) is 34.1 Å². The van der Waals surface area contributed by atoms with Crippen LogP contribution in [0.15, 0.2) is 0 Å². The molecule has 0 amide bonds. The normalized spacial score (nSPS) is 15.2. The molecule has 6 nitrogen and oxygen atoms in total. The number of likely N-dealkylation sites (N-methyl/N-ethyl adjacent to an activating group) is 1. The molecule has 0 saturated carbocycles. The maximum Gasteiger partial charge on any atom is 0.472 e. The molecule has 0 saturated heterocycles. The number of hydrogen-bond donors (Lipinski definition) is 1. The first-order valence-corrected chi connectivity index (χ1v) is 9.44. The molecule has 1 atom stereocenters. The third kappa shape index (κ3) is 14.8. The number of carbonyl (C=O) groups is 1. The Morgan fingerprint density at radius 1 is 1.24 bits per heavy atom. The Labute approximate surface area is 132 Å². The van der Waals surface area contributed by atoms with Crippen LogP contribution >= 0.6 is 19.6 Å². The molecule has 0 aliphatic heterocycles. The predicted octanol–water partition coefficient (Wildman–Crippen LogP) is 2.77. The second-order valence-corrected chi connectivity index (χ2v) is 8.81. The van der Waals surface area contributed by atoms with E-state index >= 15 is 0 Å². The van der Waals surface area contributed by atoms with Gasteiger partial charge >= 0.3 is 7.82 Å². The van der Waals surface area contributed by atoms with Crippen molar-refractivity contribution in [3.8, 4) is 0 Å². The molecule has 1 N–H and O–H groups in total. The SMILES string of the molecule is CC(=O)SCCOP(=O)(O)OCCN(C)CCC(C)(C)C. The van der Waals surface area contributed by atoms with Crippen LogP contribution in [-0.2, 0) is 18.4 Å². The first kappa shape index (κ1) is 21.1. The highest BCUT2D eigenvalue weighted by atomic mass is 32.2. The second-order valence-electron chi connectivity index (χ2n) is 6.09. The van der Waals surface area contributed by atoms with Crippen molar-refractivity contribution in [2.75, 3.05) is 39.1 Å². The van der Waals surface area contributed by atoms with E-state index in [0.29, 0.717) is 12.3 Å².